The summed E-state index contributed by atoms with van der Waals surface area (Å²) in [5.74, 6) is -0.119. The van der Waals surface area contributed by atoms with E-state index in [4.69, 9.17) is 4.74 Å². The lowest BCUT2D eigenvalue weighted by Crippen LogP contribution is -2.38. The van der Waals surface area contributed by atoms with E-state index >= 15 is 0 Å². The lowest BCUT2D eigenvalue weighted by molar-refractivity contribution is 0.0374. The van der Waals surface area contributed by atoms with Crippen LogP contribution in [-0.2, 0) is 21.3 Å². The maximum absolute atomic E-state index is 12.4. The molecule has 0 radical (unpaired) electrons. The van der Waals surface area contributed by atoms with Crippen LogP contribution in [0.3, 0.4) is 0 Å². The summed E-state index contributed by atoms with van der Waals surface area (Å²) in [7, 11) is -3.42. The third-order valence-electron chi connectivity index (χ3n) is 5.03. The molecule has 0 bridgehead atoms. The van der Waals surface area contributed by atoms with Crippen molar-refractivity contribution in [1.29, 1.82) is 0 Å². The van der Waals surface area contributed by atoms with E-state index in [1.165, 1.54) is 10.6 Å². The van der Waals surface area contributed by atoms with E-state index in [1.807, 2.05) is 6.07 Å². The smallest absolute Gasteiger partial charge is 0.251 e. The zero-order chi connectivity index (χ0) is 21.4. The number of carbonyl (C=O) groups excluding carboxylic acids is 1. The second-order valence-corrected chi connectivity index (χ2v) is 9.27. The molecule has 2 aromatic carbocycles. The van der Waals surface area contributed by atoms with Gasteiger partial charge in [0.1, 0.15) is 0 Å². The van der Waals surface area contributed by atoms with Crippen molar-refractivity contribution < 1.29 is 17.9 Å². The molecule has 2 aromatic rings. The van der Waals surface area contributed by atoms with Gasteiger partial charge in [-0.3, -0.25) is 14.0 Å². The molecule has 0 atom stereocenters. The third kappa shape index (κ3) is 6.55. The predicted octanol–water partition coefficient (Wildman–Crippen LogP) is 2.10. The lowest BCUT2D eigenvalue weighted by Gasteiger charge is -2.26. The number of hydrogen-bond donors (Lipinski definition) is 1. The van der Waals surface area contributed by atoms with Gasteiger partial charge in [0.15, 0.2) is 0 Å². The number of nitrogens with one attached hydrogen (secondary N) is 1. The Kier molecular flexibility index (Phi) is 7.84. The molecule has 30 heavy (non-hydrogen) atoms. The molecule has 8 heteroatoms. The largest absolute Gasteiger partial charge is 0.379 e. The van der Waals surface area contributed by atoms with Gasteiger partial charge in [0, 0.05) is 25.2 Å². The number of morpholine rings is 1. The number of hydrogen-bond acceptors (Lipinski definition) is 5. The normalized spacial score (nSPS) is 15.0. The zero-order valence-electron chi connectivity index (χ0n) is 17.3. The first-order valence-corrected chi connectivity index (χ1v) is 12.0. The molecule has 0 saturated carbocycles. The van der Waals surface area contributed by atoms with Gasteiger partial charge in [0.05, 0.1) is 31.7 Å². The molecule has 1 heterocycles. The molecule has 1 saturated heterocycles. The number of anilines is 1. The summed E-state index contributed by atoms with van der Waals surface area (Å²) in [6, 6.07) is 16.0. The van der Waals surface area contributed by atoms with E-state index in [9.17, 15) is 13.2 Å². The van der Waals surface area contributed by atoms with Crippen LogP contribution in [0.2, 0.25) is 0 Å². The number of nitrogens with zero attached hydrogens (tertiary/aromatic N) is 2. The quantitative estimate of drug-likeness (QED) is 0.615. The van der Waals surface area contributed by atoms with E-state index in [0.717, 1.165) is 44.8 Å². The minimum Gasteiger partial charge on any atom is -0.379 e. The molecule has 3 rings (SSSR count). The Hall–Kier alpha value is -2.42. The highest BCUT2D eigenvalue weighted by Gasteiger charge is 2.18. The standard InChI is InChI=1S/C22H29N3O4S/c1-30(27,28)25(21-6-3-2-4-7-21)18-19-8-10-20(11-9-19)22(26)23-12-5-13-24-14-16-29-17-15-24/h2-4,6-11H,5,12-18H2,1H3,(H,23,26). The van der Waals surface area contributed by atoms with Gasteiger partial charge in [0.25, 0.3) is 5.91 Å². The van der Waals surface area contributed by atoms with E-state index in [2.05, 4.69) is 10.2 Å². The summed E-state index contributed by atoms with van der Waals surface area (Å²) in [5, 5.41) is 2.95. The van der Waals surface area contributed by atoms with Gasteiger partial charge < -0.3 is 10.1 Å². The van der Waals surface area contributed by atoms with Crippen molar-refractivity contribution in [2.75, 3.05) is 50.0 Å². The molecule has 1 fully saturated rings. The fraction of sp³-hybridized carbons (Fsp3) is 0.409. The van der Waals surface area contributed by atoms with E-state index in [-0.39, 0.29) is 12.5 Å². The molecule has 1 amide bonds. The summed E-state index contributed by atoms with van der Waals surface area (Å²) < 4.78 is 31.1. The summed E-state index contributed by atoms with van der Waals surface area (Å²) in [5.41, 5.74) is 1.99. The predicted molar refractivity (Wildman–Crippen MR) is 118 cm³/mol. The second-order valence-electron chi connectivity index (χ2n) is 7.37. The van der Waals surface area contributed by atoms with Crippen LogP contribution < -0.4 is 9.62 Å². The van der Waals surface area contributed by atoms with Gasteiger partial charge in [0.2, 0.25) is 10.0 Å². The summed E-state index contributed by atoms with van der Waals surface area (Å²) in [6.45, 7) is 5.23. The van der Waals surface area contributed by atoms with Gasteiger partial charge in [-0.05, 0) is 42.8 Å². The molecule has 0 spiro atoms. The average Bonchev–Trinajstić information content (AvgIpc) is 2.76. The Bertz CT molecular complexity index is 911. The van der Waals surface area contributed by atoms with Gasteiger partial charge in [-0.15, -0.1) is 0 Å². The summed E-state index contributed by atoms with van der Waals surface area (Å²) >= 11 is 0. The van der Waals surface area contributed by atoms with Crippen molar-refractivity contribution in [2.24, 2.45) is 0 Å². The van der Waals surface area contributed by atoms with Gasteiger partial charge >= 0.3 is 0 Å². The van der Waals surface area contributed by atoms with Crippen molar-refractivity contribution in [1.82, 2.24) is 10.2 Å². The first-order chi connectivity index (χ1) is 14.4. The number of para-hydroxylation sites is 1. The number of carbonyl (C=O) groups is 1. The van der Waals surface area contributed by atoms with Crippen LogP contribution >= 0.6 is 0 Å². The van der Waals surface area contributed by atoms with E-state index in [0.29, 0.717) is 17.8 Å². The van der Waals surface area contributed by atoms with Crippen LogP contribution in [0.1, 0.15) is 22.3 Å². The van der Waals surface area contributed by atoms with Gasteiger partial charge in [-0.25, -0.2) is 8.42 Å². The Balaban J connectivity index is 1.52. The van der Waals surface area contributed by atoms with Crippen molar-refractivity contribution >= 4 is 21.6 Å². The fourth-order valence-corrected chi connectivity index (χ4v) is 4.24. The van der Waals surface area contributed by atoms with Crippen molar-refractivity contribution in [3.63, 3.8) is 0 Å². The summed E-state index contributed by atoms with van der Waals surface area (Å²) in [6.07, 6.45) is 2.09. The second kappa shape index (κ2) is 10.6. The van der Waals surface area contributed by atoms with Crippen LogP contribution in [0.15, 0.2) is 54.6 Å². The fourth-order valence-electron chi connectivity index (χ4n) is 3.35. The molecular formula is C22H29N3O4S. The molecule has 1 aliphatic heterocycles. The van der Waals surface area contributed by atoms with E-state index < -0.39 is 10.0 Å². The Morgan fingerprint density at radius 1 is 1.07 bits per heavy atom. The number of sulfonamides is 1. The van der Waals surface area contributed by atoms with Crippen LogP contribution in [0, 0.1) is 0 Å². The highest BCUT2D eigenvalue weighted by atomic mass is 32.2. The topological polar surface area (TPSA) is 79.0 Å². The third-order valence-corrected chi connectivity index (χ3v) is 6.17. The monoisotopic (exact) mass is 431 g/mol. The average molecular weight is 432 g/mol. The SMILES string of the molecule is CS(=O)(=O)N(Cc1ccc(C(=O)NCCCN2CCOCC2)cc1)c1ccccc1. The minimum absolute atomic E-state index is 0.119. The van der Waals surface area contributed by atoms with Crippen molar-refractivity contribution in [2.45, 2.75) is 13.0 Å². The first-order valence-electron chi connectivity index (χ1n) is 10.1. The Morgan fingerprint density at radius 3 is 2.37 bits per heavy atom. The Labute approximate surface area is 178 Å². The van der Waals surface area contributed by atoms with Crippen LogP contribution in [0.25, 0.3) is 0 Å². The van der Waals surface area contributed by atoms with Crippen LogP contribution in [-0.4, -0.2) is 64.9 Å². The molecule has 1 aliphatic rings. The maximum Gasteiger partial charge on any atom is 0.251 e. The molecule has 0 aliphatic carbocycles. The molecule has 162 valence electrons. The minimum atomic E-state index is -3.42. The molecule has 7 nitrogen and oxygen atoms in total. The summed E-state index contributed by atoms with van der Waals surface area (Å²) in [4.78, 5) is 14.7. The van der Waals surface area contributed by atoms with Crippen LogP contribution in [0.4, 0.5) is 5.69 Å². The highest BCUT2D eigenvalue weighted by Crippen LogP contribution is 2.20. The zero-order valence-corrected chi connectivity index (χ0v) is 18.1. The number of amides is 1. The number of ether oxygens (including phenoxy) is 1. The van der Waals surface area contributed by atoms with Gasteiger partial charge in [-0.1, -0.05) is 30.3 Å². The molecular weight excluding hydrogens is 402 g/mol. The van der Waals surface area contributed by atoms with Crippen molar-refractivity contribution in [3.05, 3.63) is 65.7 Å². The molecule has 0 unspecified atom stereocenters. The molecule has 1 N–H and O–H groups in total. The van der Waals surface area contributed by atoms with Crippen LogP contribution in [0.5, 0.6) is 0 Å². The lowest BCUT2D eigenvalue weighted by atomic mass is 10.1. The van der Waals surface area contributed by atoms with E-state index in [1.54, 1.807) is 48.5 Å². The Morgan fingerprint density at radius 2 is 1.73 bits per heavy atom. The first kappa shape index (κ1) is 22.3. The molecule has 0 aromatic heterocycles. The van der Waals surface area contributed by atoms with Crippen molar-refractivity contribution in [3.8, 4) is 0 Å². The number of rotatable bonds is 9. The number of benzene rings is 2. The maximum atomic E-state index is 12.4. The van der Waals surface area contributed by atoms with Gasteiger partial charge in [-0.2, -0.15) is 0 Å². The highest BCUT2D eigenvalue weighted by molar-refractivity contribution is 7.92.